The highest BCUT2D eigenvalue weighted by atomic mass is 16.5. The third-order valence-electron chi connectivity index (χ3n) is 8.17. The summed E-state index contributed by atoms with van der Waals surface area (Å²) in [5, 5.41) is 17.2. The molecule has 2 aliphatic carbocycles. The number of fused-ring (bicyclic) bond motifs is 3. The van der Waals surface area contributed by atoms with Crippen LogP contribution in [-0.2, 0) is 24.7 Å². The van der Waals surface area contributed by atoms with Gasteiger partial charge in [-0.25, -0.2) is 0 Å². The van der Waals surface area contributed by atoms with E-state index in [1.54, 1.807) is 0 Å². The Labute approximate surface area is 196 Å². The summed E-state index contributed by atoms with van der Waals surface area (Å²) in [4.78, 5) is 12.4. The highest BCUT2D eigenvalue weighted by molar-refractivity contribution is 5.54. The number of ether oxygens (including phenoxy) is 1. The van der Waals surface area contributed by atoms with E-state index in [0.29, 0.717) is 24.4 Å². The number of aryl methyl sites for hydroxylation is 1. The van der Waals surface area contributed by atoms with Crippen molar-refractivity contribution in [3.05, 3.63) is 40.6 Å². The summed E-state index contributed by atoms with van der Waals surface area (Å²) < 4.78 is 6.18. The van der Waals surface area contributed by atoms with E-state index >= 15 is 0 Å². The van der Waals surface area contributed by atoms with Crippen molar-refractivity contribution in [2.75, 3.05) is 44.2 Å². The van der Waals surface area contributed by atoms with E-state index < -0.39 is 0 Å². The quantitative estimate of drug-likeness (QED) is 0.662. The maximum absolute atomic E-state index is 10.3. The molecule has 4 aliphatic rings. The predicted molar refractivity (Wildman–Crippen MR) is 128 cm³/mol. The van der Waals surface area contributed by atoms with Crippen molar-refractivity contribution in [1.82, 2.24) is 20.6 Å². The molecule has 0 amide bonds. The van der Waals surface area contributed by atoms with Crippen LogP contribution in [-0.4, -0.2) is 60.4 Å². The van der Waals surface area contributed by atoms with Crippen LogP contribution in [0.1, 0.15) is 54.5 Å². The lowest BCUT2D eigenvalue weighted by molar-refractivity contribution is 0.252. The maximum Gasteiger partial charge on any atom is 0.318 e. The Morgan fingerprint density at radius 1 is 1.09 bits per heavy atom. The van der Waals surface area contributed by atoms with Crippen LogP contribution in [0.4, 0.5) is 5.82 Å². The van der Waals surface area contributed by atoms with E-state index in [9.17, 15) is 5.11 Å². The van der Waals surface area contributed by atoms with E-state index in [4.69, 9.17) is 14.7 Å². The molecule has 0 bridgehead atoms. The fourth-order valence-corrected chi connectivity index (χ4v) is 6.42. The lowest BCUT2D eigenvalue weighted by Crippen LogP contribution is -2.45. The Kier molecular flexibility index (Phi) is 5.62. The van der Waals surface area contributed by atoms with Gasteiger partial charge in [0.05, 0.1) is 5.69 Å². The average Bonchev–Trinajstić information content (AvgIpc) is 3.37. The van der Waals surface area contributed by atoms with Crippen LogP contribution in [0.15, 0.2) is 18.2 Å². The second-order valence-corrected chi connectivity index (χ2v) is 10.2. The predicted octanol–water partition coefficient (Wildman–Crippen LogP) is 2.49. The largest absolute Gasteiger partial charge is 0.508 e. The first-order valence-corrected chi connectivity index (χ1v) is 12.7. The number of phenols is 1. The smallest absolute Gasteiger partial charge is 0.318 e. The SMILES string of the molecule is Oc1ccc2c(c1)C1(CCC2)CCc2c(nc(OC[C@@H]3CCCN3)nc2N2CCNCC2)C1. The number of nitrogens with zero attached hydrogens (tertiary/aromatic N) is 3. The molecule has 176 valence electrons. The number of rotatable bonds is 4. The average molecular weight is 450 g/mol. The number of hydrogen-bond acceptors (Lipinski definition) is 7. The van der Waals surface area contributed by atoms with Gasteiger partial charge in [-0.3, -0.25) is 0 Å². The molecule has 1 unspecified atom stereocenters. The molecule has 3 N–H and O–H groups in total. The lowest BCUT2D eigenvalue weighted by atomic mass is 9.62. The second kappa shape index (κ2) is 8.76. The topological polar surface area (TPSA) is 82.5 Å². The fourth-order valence-electron chi connectivity index (χ4n) is 6.42. The van der Waals surface area contributed by atoms with Crippen molar-refractivity contribution in [1.29, 1.82) is 0 Å². The van der Waals surface area contributed by atoms with Crippen LogP contribution in [0.2, 0.25) is 0 Å². The van der Waals surface area contributed by atoms with Gasteiger partial charge in [0.15, 0.2) is 0 Å². The zero-order valence-corrected chi connectivity index (χ0v) is 19.4. The number of hydrogen-bond donors (Lipinski definition) is 3. The highest BCUT2D eigenvalue weighted by Gasteiger charge is 2.41. The van der Waals surface area contributed by atoms with Crippen molar-refractivity contribution in [3.63, 3.8) is 0 Å². The van der Waals surface area contributed by atoms with E-state index in [1.807, 2.05) is 12.1 Å². The molecule has 2 fully saturated rings. The monoisotopic (exact) mass is 449 g/mol. The molecule has 1 spiro atoms. The molecule has 2 atom stereocenters. The first-order valence-electron chi connectivity index (χ1n) is 12.7. The van der Waals surface area contributed by atoms with Gasteiger partial charge in [-0.05, 0) is 81.2 Å². The summed E-state index contributed by atoms with van der Waals surface area (Å²) in [7, 11) is 0. The van der Waals surface area contributed by atoms with Gasteiger partial charge in [-0.1, -0.05) is 6.07 Å². The Morgan fingerprint density at radius 3 is 2.85 bits per heavy atom. The van der Waals surface area contributed by atoms with Crippen molar-refractivity contribution >= 4 is 5.82 Å². The van der Waals surface area contributed by atoms with Crippen LogP contribution in [0.25, 0.3) is 0 Å². The molecule has 2 saturated heterocycles. The number of piperazine rings is 1. The molecule has 0 saturated carbocycles. The molecule has 2 aliphatic heterocycles. The number of benzene rings is 1. The second-order valence-electron chi connectivity index (χ2n) is 10.2. The van der Waals surface area contributed by atoms with Crippen molar-refractivity contribution in [3.8, 4) is 11.8 Å². The van der Waals surface area contributed by atoms with Crippen LogP contribution < -0.4 is 20.3 Å². The molecular formula is C26H35N5O2. The Bertz CT molecular complexity index is 1020. The van der Waals surface area contributed by atoms with Gasteiger partial charge in [0.2, 0.25) is 0 Å². The van der Waals surface area contributed by atoms with Gasteiger partial charge in [-0.2, -0.15) is 9.97 Å². The van der Waals surface area contributed by atoms with E-state index in [1.165, 1.54) is 29.5 Å². The van der Waals surface area contributed by atoms with E-state index in [2.05, 4.69) is 21.6 Å². The highest BCUT2D eigenvalue weighted by Crippen LogP contribution is 2.48. The third kappa shape index (κ3) is 4.06. The van der Waals surface area contributed by atoms with E-state index in [-0.39, 0.29) is 5.41 Å². The summed E-state index contributed by atoms with van der Waals surface area (Å²) in [6.45, 7) is 5.60. The number of aromatic hydroxyl groups is 1. The molecule has 6 rings (SSSR count). The van der Waals surface area contributed by atoms with Crippen LogP contribution in [0.3, 0.4) is 0 Å². The van der Waals surface area contributed by atoms with Crippen LogP contribution in [0.5, 0.6) is 11.8 Å². The molecule has 0 radical (unpaired) electrons. The minimum Gasteiger partial charge on any atom is -0.508 e. The Morgan fingerprint density at radius 2 is 2.00 bits per heavy atom. The summed E-state index contributed by atoms with van der Waals surface area (Å²) in [5.41, 5.74) is 5.23. The summed E-state index contributed by atoms with van der Waals surface area (Å²) in [6.07, 6.45) is 8.77. The first-order chi connectivity index (χ1) is 16.2. The maximum atomic E-state index is 10.3. The zero-order chi connectivity index (χ0) is 22.3. The first kappa shape index (κ1) is 21.2. The lowest BCUT2D eigenvalue weighted by Gasteiger charge is -2.43. The van der Waals surface area contributed by atoms with E-state index in [0.717, 1.165) is 82.8 Å². The van der Waals surface area contributed by atoms with Crippen LogP contribution in [0, 0.1) is 0 Å². The van der Waals surface area contributed by atoms with Gasteiger partial charge in [-0.15, -0.1) is 0 Å². The minimum atomic E-state index is 0.0542. The Hall–Kier alpha value is -2.38. The number of anilines is 1. The Balaban J connectivity index is 1.36. The summed E-state index contributed by atoms with van der Waals surface area (Å²) in [6, 6.07) is 6.89. The molecule has 33 heavy (non-hydrogen) atoms. The van der Waals surface area contributed by atoms with Crippen molar-refractivity contribution in [2.24, 2.45) is 0 Å². The number of nitrogens with one attached hydrogen (secondary N) is 2. The molecular weight excluding hydrogens is 414 g/mol. The zero-order valence-electron chi connectivity index (χ0n) is 19.4. The van der Waals surface area contributed by atoms with Crippen LogP contribution >= 0.6 is 0 Å². The van der Waals surface area contributed by atoms with Gasteiger partial charge >= 0.3 is 6.01 Å². The van der Waals surface area contributed by atoms with Crippen molar-refractivity contribution < 1.29 is 9.84 Å². The standard InChI is InChI=1S/C26H35N5O2/c32-20-6-5-18-3-1-8-26(22(18)15-20)9-7-21-23(16-26)29-25(33-17-19-4-2-10-28-19)30-24(21)31-13-11-27-12-14-31/h5-6,15,19,27-28,32H,1-4,7-14,16-17H2/t19-,26?/m0/s1. The van der Waals surface area contributed by atoms with Gasteiger partial charge in [0.1, 0.15) is 18.2 Å². The molecule has 7 nitrogen and oxygen atoms in total. The molecule has 7 heteroatoms. The molecule has 3 heterocycles. The molecule has 2 aromatic rings. The van der Waals surface area contributed by atoms with Gasteiger partial charge in [0.25, 0.3) is 0 Å². The normalized spacial score (nSPS) is 26.8. The summed E-state index contributed by atoms with van der Waals surface area (Å²) in [5.74, 6) is 1.45. The third-order valence-corrected chi connectivity index (χ3v) is 8.17. The number of aromatic nitrogens is 2. The van der Waals surface area contributed by atoms with Gasteiger partial charge in [0, 0.05) is 43.2 Å². The minimum absolute atomic E-state index is 0.0542. The number of phenolic OH excluding ortho intramolecular Hbond substituents is 1. The fraction of sp³-hybridized carbons (Fsp3) is 0.615. The molecule has 1 aromatic carbocycles. The summed E-state index contributed by atoms with van der Waals surface area (Å²) >= 11 is 0. The molecule has 1 aromatic heterocycles. The van der Waals surface area contributed by atoms with Gasteiger partial charge < -0.3 is 25.4 Å². The van der Waals surface area contributed by atoms with Crippen molar-refractivity contribution in [2.45, 2.75) is 62.8 Å².